The van der Waals surface area contributed by atoms with E-state index in [1.165, 1.54) is 11.3 Å². The van der Waals surface area contributed by atoms with Crippen LogP contribution in [0.25, 0.3) is 0 Å². The SMILES string of the molecule is CCNC(=NCC(C)(O)c1cccs1)NCCNS(C)(=O)=O.I. The van der Waals surface area contributed by atoms with Gasteiger partial charge >= 0.3 is 0 Å². The first-order valence-corrected chi connectivity index (χ1v) is 9.75. The minimum Gasteiger partial charge on any atom is -0.383 e. The summed E-state index contributed by atoms with van der Waals surface area (Å²) in [6, 6.07) is 3.76. The van der Waals surface area contributed by atoms with E-state index in [0.717, 1.165) is 11.1 Å². The van der Waals surface area contributed by atoms with Crippen LogP contribution in [0.3, 0.4) is 0 Å². The van der Waals surface area contributed by atoms with E-state index in [9.17, 15) is 13.5 Å². The van der Waals surface area contributed by atoms with Crippen LogP contribution in [0.4, 0.5) is 0 Å². The number of rotatable bonds is 8. The predicted octanol–water partition coefficient (Wildman–Crippen LogP) is 0.678. The Hall–Kier alpha value is -0.430. The number of thiophene rings is 1. The molecular weight excluding hydrogens is 451 g/mol. The second kappa shape index (κ2) is 10.4. The van der Waals surface area contributed by atoms with Crippen molar-refractivity contribution in [2.45, 2.75) is 19.4 Å². The third-order valence-corrected chi connectivity index (χ3v) is 4.57. The molecular formula is C13H25IN4O3S2. The highest BCUT2D eigenvalue weighted by atomic mass is 127. The summed E-state index contributed by atoms with van der Waals surface area (Å²) >= 11 is 1.48. The lowest BCUT2D eigenvalue weighted by Crippen LogP contribution is -2.42. The summed E-state index contributed by atoms with van der Waals surface area (Å²) in [7, 11) is -3.19. The van der Waals surface area contributed by atoms with Gasteiger partial charge in [-0.25, -0.2) is 18.1 Å². The number of halogens is 1. The van der Waals surface area contributed by atoms with Crippen LogP contribution in [-0.2, 0) is 15.6 Å². The molecule has 0 aliphatic heterocycles. The average Bonchev–Trinajstić information content (AvgIpc) is 2.94. The van der Waals surface area contributed by atoms with E-state index in [-0.39, 0.29) is 37.1 Å². The van der Waals surface area contributed by atoms with Gasteiger partial charge in [-0.05, 0) is 25.3 Å². The molecule has 0 bridgehead atoms. The standard InChI is InChI=1S/C13H24N4O3S2.HI/c1-4-14-12(15-7-8-17-22(3,19)20)16-10-13(2,18)11-6-5-9-21-11;/h5-6,9,17-18H,4,7-8,10H2,1-3H3,(H2,14,15,16);1H. The van der Waals surface area contributed by atoms with Gasteiger partial charge in [-0.2, -0.15) is 0 Å². The molecule has 0 aliphatic rings. The molecule has 0 spiro atoms. The lowest BCUT2D eigenvalue weighted by molar-refractivity contribution is 0.0711. The molecule has 1 aromatic rings. The maximum atomic E-state index is 11.0. The Balaban J connectivity index is 0.00000484. The lowest BCUT2D eigenvalue weighted by atomic mass is 10.1. The summed E-state index contributed by atoms with van der Waals surface area (Å²) in [5.41, 5.74) is -1.03. The predicted molar refractivity (Wildman–Crippen MR) is 106 cm³/mol. The van der Waals surface area contributed by atoms with E-state index in [4.69, 9.17) is 0 Å². The zero-order valence-corrected chi connectivity index (χ0v) is 17.5. The zero-order valence-electron chi connectivity index (χ0n) is 13.5. The first-order valence-electron chi connectivity index (χ1n) is 6.98. The van der Waals surface area contributed by atoms with Gasteiger partial charge in [0, 0.05) is 24.5 Å². The van der Waals surface area contributed by atoms with Crippen molar-refractivity contribution >= 4 is 51.3 Å². The van der Waals surface area contributed by atoms with Crippen LogP contribution in [0.5, 0.6) is 0 Å². The number of aliphatic hydroxyl groups is 1. The van der Waals surface area contributed by atoms with Crippen molar-refractivity contribution in [3.8, 4) is 0 Å². The number of sulfonamides is 1. The van der Waals surface area contributed by atoms with Crippen LogP contribution in [0.15, 0.2) is 22.5 Å². The molecule has 1 aromatic heterocycles. The van der Waals surface area contributed by atoms with Crippen molar-refractivity contribution in [3.63, 3.8) is 0 Å². The lowest BCUT2D eigenvalue weighted by Gasteiger charge is -2.20. The molecule has 7 nitrogen and oxygen atoms in total. The molecule has 0 fully saturated rings. The molecule has 0 saturated carbocycles. The Morgan fingerprint density at radius 1 is 1.39 bits per heavy atom. The summed E-state index contributed by atoms with van der Waals surface area (Å²) in [6.07, 6.45) is 1.12. The molecule has 4 N–H and O–H groups in total. The fraction of sp³-hybridized carbons (Fsp3) is 0.615. The second-order valence-electron chi connectivity index (χ2n) is 5.04. The summed E-state index contributed by atoms with van der Waals surface area (Å²) in [4.78, 5) is 5.20. The number of nitrogens with zero attached hydrogens (tertiary/aromatic N) is 1. The molecule has 1 unspecified atom stereocenters. The van der Waals surface area contributed by atoms with Crippen molar-refractivity contribution in [2.75, 3.05) is 32.4 Å². The number of aliphatic imine (C=N–C) groups is 1. The molecule has 0 radical (unpaired) electrons. The van der Waals surface area contributed by atoms with Crippen LogP contribution < -0.4 is 15.4 Å². The number of hydrogen-bond donors (Lipinski definition) is 4. The van der Waals surface area contributed by atoms with Crippen molar-refractivity contribution in [3.05, 3.63) is 22.4 Å². The monoisotopic (exact) mass is 476 g/mol. The molecule has 1 atom stereocenters. The van der Waals surface area contributed by atoms with E-state index >= 15 is 0 Å². The van der Waals surface area contributed by atoms with Crippen LogP contribution in [0, 0.1) is 0 Å². The first kappa shape index (κ1) is 22.6. The summed E-state index contributed by atoms with van der Waals surface area (Å²) in [5.74, 6) is 0.537. The van der Waals surface area contributed by atoms with Gasteiger partial charge in [-0.15, -0.1) is 35.3 Å². The maximum absolute atomic E-state index is 11.0. The van der Waals surface area contributed by atoms with Gasteiger partial charge in [-0.1, -0.05) is 6.07 Å². The quantitative estimate of drug-likeness (QED) is 0.191. The number of nitrogens with one attached hydrogen (secondary N) is 3. The molecule has 1 heterocycles. The molecule has 134 valence electrons. The second-order valence-corrected chi connectivity index (χ2v) is 7.82. The smallest absolute Gasteiger partial charge is 0.208 e. The van der Waals surface area contributed by atoms with Crippen LogP contribution >= 0.6 is 35.3 Å². The highest BCUT2D eigenvalue weighted by molar-refractivity contribution is 14.0. The minimum atomic E-state index is -3.19. The minimum absolute atomic E-state index is 0. The van der Waals surface area contributed by atoms with Gasteiger partial charge < -0.3 is 15.7 Å². The largest absolute Gasteiger partial charge is 0.383 e. The third-order valence-electron chi connectivity index (χ3n) is 2.72. The maximum Gasteiger partial charge on any atom is 0.208 e. The van der Waals surface area contributed by atoms with Gasteiger partial charge in [0.25, 0.3) is 0 Å². The van der Waals surface area contributed by atoms with E-state index in [1.807, 2.05) is 24.4 Å². The molecule has 0 amide bonds. The fourth-order valence-corrected chi connectivity index (χ4v) is 2.91. The Labute approximate surface area is 159 Å². The summed E-state index contributed by atoms with van der Waals surface area (Å²) in [6.45, 7) is 5.21. The van der Waals surface area contributed by atoms with E-state index in [0.29, 0.717) is 19.0 Å². The van der Waals surface area contributed by atoms with Crippen LogP contribution in [0.2, 0.25) is 0 Å². The normalized spacial score (nSPS) is 14.7. The van der Waals surface area contributed by atoms with Gasteiger partial charge in [0.2, 0.25) is 10.0 Å². The van der Waals surface area contributed by atoms with Gasteiger partial charge in [0.1, 0.15) is 5.60 Å². The Bertz CT molecular complexity index is 574. The summed E-state index contributed by atoms with van der Waals surface area (Å²) in [5, 5.41) is 18.4. The number of hydrogen-bond acceptors (Lipinski definition) is 5. The first-order chi connectivity index (χ1) is 10.2. The molecule has 23 heavy (non-hydrogen) atoms. The van der Waals surface area contributed by atoms with Gasteiger partial charge in [-0.3, -0.25) is 0 Å². The summed E-state index contributed by atoms with van der Waals surface area (Å²) < 4.78 is 24.3. The molecule has 10 heteroatoms. The molecule has 0 aromatic carbocycles. The highest BCUT2D eigenvalue weighted by Gasteiger charge is 2.23. The zero-order chi connectivity index (χ0) is 16.6. The highest BCUT2D eigenvalue weighted by Crippen LogP contribution is 2.25. The Morgan fingerprint density at radius 3 is 2.61 bits per heavy atom. The fourth-order valence-electron chi connectivity index (χ4n) is 1.66. The van der Waals surface area contributed by atoms with Crippen molar-refractivity contribution in [1.29, 1.82) is 0 Å². The van der Waals surface area contributed by atoms with Crippen LogP contribution in [0.1, 0.15) is 18.7 Å². The van der Waals surface area contributed by atoms with E-state index < -0.39 is 15.6 Å². The van der Waals surface area contributed by atoms with Crippen molar-refractivity contribution in [1.82, 2.24) is 15.4 Å². The van der Waals surface area contributed by atoms with E-state index in [2.05, 4.69) is 20.3 Å². The van der Waals surface area contributed by atoms with Crippen molar-refractivity contribution < 1.29 is 13.5 Å². The molecule has 0 aliphatic carbocycles. The molecule has 1 rings (SSSR count). The van der Waals surface area contributed by atoms with Gasteiger partial charge in [0.15, 0.2) is 5.96 Å². The van der Waals surface area contributed by atoms with Crippen molar-refractivity contribution in [2.24, 2.45) is 4.99 Å². The van der Waals surface area contributed by atoms with Gasteiger partial charge in [0.05, 0.1) is 12.8 Å². The Morgan fingerprint density at radius 2 is 2.09 bits per heavy atom. The number of guanidine groups is 1. The molecule has 0 saturated heterocycles. The Kier molecular flexibility index (Phi) is 10.2. The van der Waals surface area contributed by atoms with E-state index in [1.54, 1.807) is 6.92 Å². The average molecular weight is 476 g/mol. The topological polar surface area (TPSA) is 103 Å². The third kappa shape index (κ3) is 9.45. The van der Waals surface area contributed by atoms with Crippen LogP contribution in [-0.4, -0.2) is 51.9 Å².